The molecule has 1 fully saturated rings. The van der Waals surface area contributed by atoms with Crippen molar-refractivity contribution >= 4 is 5.91 Å². The van der Waals surface area contributed by atoms with Crippen LogP contribution in [0.15, 0.2) is 0 Å². The number of β-amino-alcohol motifs (C(OH)–C–C–N with tert-alkyl or cyclic N) is 1. The molecule has 0 aromatic heterocycles. The second kappa shape index (κ2) is 4.94. The van der Waals surface area contributed by atoms with Gasteiger partial charge in [-0.1, -0.05) is 20.8 Å². The van der Waals surface area contributed by atoms with Gasteiger partial charge in [-0.25, -0.2) is 0 Å². The summed E-state index contributed by atoms with van der Waals surface area (Å²) in [6, 6.07) is -0.208. The van der Waals surface area contributed by atoms with E-state index in [-0.39, 0.29) is 23.5 Å². The predicted molar refractivity (Wildman–Crippen MR) is 59.5 cm³/mol. The Labute approximate surface area is 91.4 Å². The van der Waals surface area contributed by atoms with Gasteiger partial charge >= 0.3 is 0 Å². The zero-order valence-electron chi connectivity index (χ0n) is 9.84. The summed E-state index contributed by atoms with van der Waals surface area (Å²) < 4.78 is 0. The molecule has 0 radical (unpaired) electrons. The molecule has 4 heteroatoms. The average Bonchev–Trinajstić information content (AvgIpc) is 2.49. The first-order chi connectivity index (χ1) is 6.88. The van der Waals surface area contributed by atoms with Crippen LogP contribution in [0.5, 0.6) is 0 Å². The molecule has 0 saturated carbocycles. The van der Waals surface area contributed by atoms with Crippen molar-refractivity contribution in [2.45, 2.75) is 45.8 Å². The van der Waals surface area contributed by atoms with E-state index in [2.05, 4.69) is 31.4 Å². The second-order valence-electron chi connectivity index (χ2n) is 5.45. The van der Waals surface area contributed by atoms with Crippen LogP contribution < -0.4 is 10.6 Å². The normalized spacial score (nSPS) is 26.7. The highest BCUT2D eigenvalue weighted by Gasteiger charge is 2.27. The molecule has 1 aliphatic rings. The van der Waals surface area contributed by atoms with Crippen molar-refractivity contribution in [3.8, 4) is 0 Å². The van der Waals surface area contributed by atoms with Gasteiger partial charge in [0.05, 0.1) is 12.1 Å². The summed E-state index contributed by atoms with van der Waals surface area (Å²) in [5, 5.41) is 15.1. The zero-order chi connectivity index (χ0) is 11.5. The summed E-state index contributed by atoms with van der Waals surface area (Å²) in [6.07, 6.45) is 1.12. The second-order valence-corrected chi connectivity index (χ2v) is 5.45. The molecule has 1 rings (SSSR count). The Bertz CT molecular complexity index is 223. The topological polar surface area (TPSA) is 61.4 Å². The Kier molecular flexibility index (Phi) is 4.11. The van der Waals surface area contributed by atoms with E-state index in [1.807, 2.05) is 0 Å². The summed E-state index contributed by atoms with van der Waals surface area (Å²) in [7, 11) is 0. The molecular formula is C11H22N2O2. The first kappa shape index (κ1) is 12.5. The van der Waals surface area contributed by atoms with Crippen molar-refractivity contribution in [3.05, 3.63) is 0 Å². The molecule has 4 nitrogen and oxygen atoms in total. The van der Waals surface area contributed by atoms with Crippen molar-refractivity contribution in [1.82, 2.24) is 10.6 Å². The number of nitrogens with one attached hydrogen (secondary N) is 2. The molecule has 0 aromatic rings. The molecule has 3 N–H and O–H groups in total. The maximum absolute atomic E-state index is 11.6. The first-order valence-electron chi connectivity index (χ1n) is 5.58. The van der Waals surface area contributed by atoms with Gasteiger partial charge < -0.3 is 15.7 Å². The molecule has 0 aromatic carbocycles. The minimum atomic E-state index is -0.372. The maximum Gasteiger partial charge on any atom is 0.237 e. The van der Waals surface area contributed by atoms with Crippen molar-refractivity contribution in [1.29, 1.82) is 0 Å². The van der Waals surface area contributed by atoms with E-state index < -0.39 is 0 Å². The van der Waals surface area contributed by atoms with Crippen LogP contribution in [0, 0.1) is 5.41 Å². The molecule has 2 atom stereocenters. The number of carbonyl (C=O) groups excluding carboxylic acids is 1. The van der Waals surface area contributed by atoms with Gasteiger partial charge in [-0.2, -0.15) is 0 Å². The number of aliphatic hydroxyl groups excluding tert-OH is 1. The van der Waals surface area contributed by atoms with Gasteiger partial charge in [-0.15, -0.1) is 0 Å². The summed E-state index contributed by atoms with van der Waals surface area (Å²) in [6.45, 7) is 7.68. The van der Waals surface area contributed by atoms with E-state index in [1.54, 1.807) is 0 Å². The Morgan fingerprint density at radius 1 is 1.53 bits per heavy atom. The summed E-state index contributed by atoms with van der Waals surface area (Å²) in [5.74, 6) is 0.0100. The molecule has 15 heavy (non-hydrogen) atoms. The van der Waals surface area contributed by atoms with Gasteiger partial charge in [0.2, 0.25) is 5.91 Å². The van der Waals surface area contributed by atoms with Crippen molar-refractivity contribution in [2.75, 3.05) is 13.1 Å². The number of hydrogen-bond acceptors (Lipinski definition) is 3. The van der Waals surface area contributed by atoms with E-state index >= 15 is 0 Å². The molecule has 0 spiro atoms. The lowest BCUT2D eigenvalue weighted by atomic mass is 9.92. The van der Waals surface area contributed by atoms with Gasteiger partial charge in [-0.3, -0.25) is 4.79 Å². The Morgan fingerprint density at radius 3 is 2.67 bits per heavy atom. The Balaban J connectivity index is 2.19. The number of amides is 1. The standard InChI is InChI=1S/C11H22N2O2/c1-11(2,3)4-5-12-10(15)9-6-8(14)7-13-9/h8-9,13-14H,4-7H2,1-3H3,(H,12,15)/t8-,9-/m1/s1. The minimum absolute atomic E-state index is 0.0100. The van der Waals surface area contributed by atoms with E-state index in [0.717, 1.165) is 6.42 Å². The molecular weight excluding hydrogens is 192 g/mol. The van der Waals surface area contributed by atoms with Gasteiger partial charge in [-0.05, 0) is 18.3 Å². The van der Waals surface area contributed by atoms with Crippen molar-refractivity contribution in [2.24, 2.45) is 5.41 Å². The molecule has 88 valence electrons. The first-order valence-corrected chi connectivity index (χ1v) is 5.58. The lowest BCUT2D eigenvalue weighted by Gasteiger charge is -2.19. The third-order valence-electron chi connectivity index (χ3n) is 2.60. The largest absolute Gasteiger partial charge is 0.392 e. The van der Waals surface area contributed by atoms with Gasteiger partial charge in [0.25, 0.3) is 0 Å². The van der Waals surface area contributed by atoms with Crippen LogP contribution in [-0.4, -0.2) is 36.2 Å². The average molecular weight is 214 g/mol. The lowest BCUT2D eigenvalue weighted by molar-refractivity contribution is -0.123. The van der Waals surface area contributed by atoms with E-state index in [4.69, 9.17) is 0 Å². The van der Waals surface area contributed by atoms with E-state index in [0.29, 0.717) is 19.5 Å². The predicted octanol–water partition coefficient (Wildman–Crippen LogP) is 0.262. The zero-order valence-corrected chi connectivity index (χ0v) is 9.84. The highest BCUT2D eigenvalue weighted by atomic mass is 16.3. The number of rotatable bonds is 3. The minimum Gasteiger partial charge on any atom is -0.392 e. The van der Waals surface area contributed by atoms with Crippen LogP contribution in [0.2, 0.25) is 0 Å². The van der Waals surface area contributed by atoms with Gasteiger partial charge in [0.15, 0.2) is 0 Å². The summed E-state index contributed by atoms with van der Waals surface area (Å²) in [4.78, 5) is 11.6. The maximum atomic E-state index is 11.6. The highest BCUT2D eigenvalue weighted by molar-refractivity contribution is 5.82. The molecule has 0 aliphatic carbocycles. The third kappa shape index (κ3) is 4.62. The van der Waals surface area contributed by atoms with Crippen LogP contribution in [0.1, 0.15) is 33.6 Å². The van der Waals surface area contributed by atoms with Crippen molar-refractivity contribution in [3.63, 3.8) is 0 Å². The Hall–Kier alpha value is -0.610. The molecule has 1 heterocycles. The number of hydrogen-bond donors (Lipinski definition) is 3. The summed E-state index contributed by atoms with van der Waals surface area (Å²) in [5.41, 5.74) is 0.246. The fraction of sp³-hybridized carbons (Fsp3) is 0.909. The van der Waals surface area contributed by atoms with Crippen LogP contribution in [0.25, 0.3) is 0 Å². The molecule has 0 bridgehead atoms. The molecule has 1 aliphatic heterocycles. The molecule has 1 saturated heterocycles. The highest BCUT2D eigenvalue weighted by Crippen LogP contribution is 2.17. The number of carbonyl (C=O) groups is 1. The van der Waals surface area contributed by atoms with Crippen LogP contribution in [0.4, 0.5) is 0 Å². The van der Waals surface area contributed by atoms with Crippen LogP contribution >= 0.6 is 0 Å². The lowest BCUT2D eigenvalue weighted by Crippen LogP contribution is -2.41. The quantitative estimate of drug-likeness (QED) is 0.631. The van der Waals surface area contributed by atoms with E-state index in [9.17, 15) is 9.90 Å². The van der Waals surface area contributed by atoms with Crippen molar-refractivity contribution < 1.29 is 9.90 Å². The molecule has 0 unspecified atom stereocenters. The van der Waals surface area contributed by atoms with Gasteiger partial charge in [0.1, 0.15) is 0 Å². The van der Waals surface area contributed by atoms with Crippen LogP contribution in [-0.2, 0) is 4.79 Å². The van der Waals surface area contributed by atoms with Crippen LogP contribution in [0.3, 0.4) is 0 Å². The fourth-order valence-electron chi connectivity index (χ4n) is 1.60. The smallest absolute Gasteiger partial charge is 0.237 e. The van der Waals surface area contributed by atoms with Gasteiger partial charge in [0, 0.05) is 13.1 Å². The monoisotopic (exact) mass is 214 g/mol. The van der Waals surface area contributed by atoms with E-state index in [1.165, 1.54) is 0 Å². The summed E-state index contributed by atoms with van der Waals surface area (Å²) >= 11 is 0. The number of aliphatic hydroxyl groups is 1. The third-order valence-corrected chi connectivity index (χ3v) is 2.60. The molecule has 1 amide bonds. The SMILES string of the molecule is CC(C)(C)CCNC(=O)[C@H]1C[C@@H](O)CN1. The Morgan fingerprint density at radius 2 is 2.20 bits per heavy atom. The fourth-order valence-corrected chi connectivity index (χ4v) is 1.60.